The van der Waals surface area contributed by atoms with Crippen molar-refractivity contribution < 1.29 is 0 Å². The highest BCUT2D eigenvalue weighted by Crippen LogP contribution is 2.32. The predicted octanol–water partition coefficient (Wildman–Crippen LogP) is 2.74. The SMILES string of the molecule is CCC(C)[SiH2]C1CCCC1. The van der Waals surface area contributed by atoms with Crippen LogP contribution in [0.5, 0.6) is 0 Å². The highest BCUT2D eigenvalue weighted by molar-refractivity contribution is 6.39. The van der Waals surface area contributed by atoms with E-state index >= 15 is 0 Å². The van der Waals surface area contributed by atoms with Crippen LogP contribution in [0.25, 0.3) is 0 Å². The third kappa shape index (κ3) is 2.45. The van der Waals surface area contributed by atoms with Gasteiger partial charge in [0.05, 0.1) is 0 Å². The number of rotatable bonds is 3. The molecule has 0 N–H and O–H groups in total. The summed E-state index contributed by atoms with van der Waals surface area (Å²) in [4.78, 5) is 0. The standard InChI is InChI=1S/C9H20Si/c1-3-8(2)10-9-6-4-5-7-9/h8-9H,3-7,10H2,1-2H3. The Morgan fingerprint density at radius 3 is 2.50 bits per heavy atom. The highest BCUT2D eigenvalue weighted by atomic mass is 28.2. The van der Waals surface area contributed by atoms with Crippen molar-refractivity contribution in [2.75, 3.05) is 0 Å². The molecule has 10 heavy (non-hydrogen) atoms. The molecule has 0 heterocycles. The first-order chi connectivity index (χ1) is 4.83. The first-order valence-electron chi connectivity index (χ1n) is 4.83. The van der Waals surface area contributed by atoms with Crippen molar-refractivity contribution in [3.05, 3.63) is 0 Å². The summed E-state index contributed by atoms with van der Waals surface area (Å²) in [6.45, 7) is 4.79. The summed E-state index contributed by atoms with van der Waals surface area (Å²) < 4.78 is 0. The van der Waals surface area contributed by atoms with E-state index in [1.54, 1.807) is 12.8 Å². The highest BCUT2D eigenvalue weighted by Gasteiger charge is 2.16. The van der Waals surface area contributed by atoms with Gasteiger partial charge in [0.1, 0.15) is 0 Å². The summed E-state index contributed by atoms with van der Waals surface area (Å²) in [6.07, 6.45) is 7.66. The van der Waals surface area contributed by atoms with E-state index in [2.05, 4.69) is 13.8 Å². The van der Waals surface area contributed by atoms with Crippen molar-refractivity contribution in [3.8, 4) is 0 Å². The Hall–Kier alpha value is 0.217. The topological polar surface area (TPSA) is 0 Å². The second-order valence-electron chi connectivity index (χ2n) is 3.90. The van der Waals surface area contributed by atoms with Crippen molar-refractivity contribution in [1.29, 1.82) is 0 Å². The smallest absolute Gasteiger partial charge is 0.0261 e. The molecule has 0 saturated heterocycles. The first kappa shape index (κ1) is 8.31. The van der Waals surface area contributed by atoms with Gasteiger partial charge in [-0.15, -0.1) is 0 Å². The zero-order valence-electron chi connectivity index (χ0n) is 7.40. The van der Waals surface area contributed by atoms with E-state index in [-0.39, 0.29) is 0 Å². The minimum atomic E-state index is 0.312. The van der Waals surface area contributed by atoms with E-state index < -0.39 is 0 Å². The van der Waals surface area contributed by atoms with Crippen LogP contribution in [0.2, 0.25) is 11.1 Å². The van der Waals surface area contributed by atoms with E-state index in [1.807, 2.05) is 0 Å². The van der Waals surface area contributed by atoms with Gasteiger partial charge < -0.3 is 0 Å². The fraction of sp³-hybridized carbons (Fsp3) is 1.00. The summed E-state index contributed by atoms with van der Waals surface area (Å²) in [5, 5.41) is 0. The van der Waals surface area contributed by atoms with E-state index in [1.165, 1.54) is 24.8 Å². The van der Waals surface area contributed by atoms with Crippen molar-refractivity contribution in [2.45, 2.75) is 57.0 Å². The number of hydrogen-bond donors (Lipinski definition) is 0. The van der Waals surface area contributed by atoms with Gasteiger partial charge in [0.15, 0.2) is 0 Å². The molecule has 0 amide bonds. The van der Waals surface area contributed by atoms with Crippen molar-refractivity contribution in [2.24, 2.45) is 0 Å². The van der Waals surface area contributed by atoms with Crippen LogP contribution in [0.1, 0.15) is 46.0 Å². The van der Waals surface area contributed by atoms with Crippen LogP contribution in [-0.4, -0.2) is 9.52 Å². The lowest BCUT2D eigenvalue weighted by Gasteiger charge is -2.12. The molecule has 0 aliphatic heterocycles. The zero-order chi connectivity index (χ0) is 7.40. The third-order valence-corrected chi connectivity index (χ3v) is 5.77. The minimum absolute atomic E-state index is 0.312. The summed E-state index contributed by atoms with van der Waals surface area (Å²) in [7, 11) is 0.312. The average molecular weight is 156 g/mol. The molecular weight excluding hydrogens is 136 g/mol. The van der Waals surface area contributed by atoms with E-state index in [0.717, 1.165) is 5.54 Å². The molecule has 60 valence electrons. The lowest BCUT2D eigenvalue weighted by Crippen LogP contribution is -2.04. The molecule has 1 saturated carbocycles. The van der Waals surface area contributed by atoms with Crippen molar-refractivity contribution >= 4 is 9.52 Å². The van der Waals surface area contributed by atoms with Gasteiger partial charge in [0, 0.05) is 9.52 Å². The van der Waals surface area contributed by atoms with Crippen LogP contribution in [-0.2, 0) is 0 Å². The summed E-state index contributed by atoms with van der Waals surface area (Å²) in [5.74, 6) is 0. The Kier molecular flexibility index (Phi) is 3.47. The van der Waals surface area contributed by atoms with Crippen LogP contribution < -0.4 is 0 Å². The third-order valence-electron chi connectivity index (χ3n) is 2.91. The predicted molar refractivity (Wildman–Crippen MR) is 50.5 cm³/mol. The Bertz CT molecular complexity index is 84.7. The molecule has 1 heteroatoms. The lowest BCUT2D eigenvalue weighted by atomic mass is 10.3. The molecule has 0 aromatic carbocycles. The monoisotopic (exact) mass is 156 g/mol. The van der Waals surface area contributed by atoms with Gasteiger partial charge in [-0.25, -0.2) is 0 Å². The molecule has 1 rings (SSSR count). The summed E-state index contributed by atoms with van der Waals surface area (Å²) >= 11 is 0. The lowest BCUT2D eigenvalue weighted by molar-refractivity contribution is 0.800. The van der Waals surface area contributed by atoms with E-state index in [9.17, 15) is 0 Å². The van der Waals surface area contributed by atoms with Gasteiger partial charge in [0.25, 0.3) is 0 Å². The summed E-state index contributed by atoms with van der Waals surface area (Å²) in [5.41, 5.74) is 2.35. The van der Waals surface area contributed by atoms with Crippen LogP contribution >= 0.6 is 0 Å². The van der Waals surface area contributed by atoms with Gasteiger partial charge in [-0.3, -0.25) is 0 Å². The van der Waals surface area contributed by atoms with Crippen molar-refractivity contribution in [3.63, 3.8) is 0 Å². The molecule has 0 aromatic heterocycles. The van der Waals surface area contributed by atoms with Gasteiger partial charge in [0.2, 0.25) is 0 Å². The Morgan fingerprint density at radius 2 is 2.00 bits per heavy atom. The molecule has 1 aliphatic carbocycles. The fourth-order valence-corrected chi connectivity index (χ4v) is 4.50. The molecule has 0 nitrogen and oxygen atoms in total. The maximum Gasteiger partial charge on any atom is 0.0261 e. The van der Waals surface area contributed by atoms with Crippen LogP contribution in [0.4, 0.5) is 0 Å². The molecule has 1 unspecified atom stereocenters. The Balaban J connectivity index is 2.11. The first-order valence-corrected chi connectivity index (χ1v) is 6.46. The van der Waals surface area contributed by atoms with Crippen LogP contribution in [0.15, 0.2) is 0 Å². The molecule has 0 spiro atoms. The van der Waals surface area contributed by atoms with Gasteiger partial charge in [-0.2, -0.15) is 0 Å². The van der Waals surface area contributed by atoms with E-state index in [0.29, 0.717) is 9.52 Å². The Labute approximate surface area is 67.2 Å². The minimum Gasteiger partial charge on any atom is -0.0654 e. The number of hydrogen-bond acceptors (Lipinski definition) is 0. The molecule has 0 bridgehead atoms. The molecule has 1 fully saturated rings. The molecule has 0 aromatic rings. The molecule has 0 radical (unpaired) electrons. The van der Waals surface area contributed by atoms with E-state index in [4.69, 9.17) is 0 Å². The maximum absolute atomic E-state index is 2.45. The average Bonchev–Trinajstić information content (AvgIpc) is 2.40. The molecule has 1 aliphatic rings. The zero-order valence-corrected chi connectivity index (χ0v) is 8.81. The Morgan fingerprint density at radius 1 is 1.40 bits per heavy atom. The normalized spacial score (nSPS) is 24.6. The molecular formula is C9H20Si. The van der Waals surface area contributed by atoms with Gasteiger partial charge in [-0.05, 0) is 0 Å². The largest absolute Gasteiger partial charge is 0.0654 e. The van der Waals surface area contributed by atoms with Gasteiger partial charge in [-0.1, -0.05) is 57.0 Å². The quantitative estimate of drug-likeness (QED) is 0.551. The second-order valence-corrected chi connectivity index (χ2v) is 6.92. The van der Waals surface area contributed by atoms with Gasteiger partial charge >= 0.3 is 0 Å². The summed E-state index contributed by atoms with van der Waals surface area (Å²) in [6, 6.07) is 0. The fourth-order valence-electron chi connectivity index (χ4n) is 1.98. The maximum atomic E-state index is 2.45. The van der Waals surface area contributed by atoms with Crippen LogP contribution in [0, 0.1) is 0 Å². The van der Waals surface area contributed by atoms with Crippen LogP contribution in [0.3, 0.4) is 0 Å². The molecule has 1 atom stereocenters. The second kappa shape index (κ2) is 4.17. The van der Waals surface area contributed by atoms with Crippen molar-refractivity contribution in [1.82, 2.24) is 0 Å².